The Hall–Kier alpha value is -0.780. The molecule has 0 saturated carbocycles. The van der Waals surface area contributed by atoms with Crippen LogP contribution in [0.15, 0.2) is 36.5 Å². The molecule has 0 aliphatic carbocycles. The van der Waals surface area contributed by atoms with Crippen molar-refractivity contribution < 1.29 is 0 Å². The van der Waals surface area contributed by atoms with Crippen LogP contribution in [-0.2, 0) is 0 Å². The van der Waals surface area contributed by atoms with Gasteiger partial charge in [0.25, 0.3) is 0 Å². The minimum absolute atomic E-state index is 0.205. The van der Waals surface area contributed by atoms with E-state index in [0.29, 0.717) is 11.3 Å². The molecule has 0 aliphatic heterocycles. The Bertz CT molecular complexity index is 289. The molecule has 0 N–H and O–H groups in total. The maximum absolute atomic E-state index is 3.78. The molecule has 0 spiro atoms. The second-order valence-corrected chi connectivity index (χ2v) is 6.95. The zero-order valence-electron chi connectivity index (χ0n) is 12.8. The van der Waals surface area contributed by atoms with E-state index in [1.165, 1.54) is 5.57 Å². The van der Waals surface area contributed by atoms with Gasteiger partial charge in [-0.2, -0.15) is 0 Å². The number of allylic oxidation sites excluding steroid dienone is 5. The van der Waals surface area contributed by atoms with Crippen LogP contribution in [0.5, 0.6) is 0 Å². The largest absolute Gasteiger partial charge is 0.103 e. The lowest BCUT2D eigenvalue weighted by Gasteiger charge is -2.26. The lowest BCUT2D eigenvalue weighted by molar-refractivity contribution is 0.314. The first-order valence-corrected chi connectivity index (χ1v) is 6.58. The van der Waals surface area contributed by atoms with Crippen molar-refractivity contribution in [1.29, 1.82) is 0 Å². The summed E-state index contributed by atoms with van der Waals surface area (Å²) in [6.45, 7) is 19.7. The Labute approximate surface area is 109 Å². The van der Waals surface area contributed by atoms with Crippen molar-refractivity contribution in [3.05, 3.63) is 36.5 Å². The average molecular weight is 234 g/mol. The number of hydrogen-bond acceptors (Lipinski definition) is 0. The lowest BCUT2D eigenvalue weighted by atomic mass is 9.80. The molecular formula is C17H30. The van der Waals surface area contributed by atoms with Crippen LogP contribution < -0.4 is 0 Å². The van der Waals surface area contributed by atoms with Gasteiger partial charge in [0.1, 0.15) is 0 Å². The van der Waals surface area contributed by atoms with Crippen LogP contribution in [0.2, 0.25) is 0 Å². The summed E-state index contributed by atoms with van der Waals surface area (Å²) in [5, 5.41) is 0. The highest BCUT2D eigenvalue weighted by Gasteiger charge is 2.18. The molecule has 1 unspecified atom stereocenters. The summed E-state index contributed by atoms with van der Waals surface area (Å²) < 4.78 is 0. The van der Waals surface area contributed by atoms with Gasteiger partial charge in [0.2, 0.25) is 0 Å². The molecule has 0 amide bonds. The Morgan fingerprint density at radius 2 is 1.65 bits per heavy atom. The second-order valence-electron chi connectivity index (χ2n) is 6.95. The SMILES string of the molecule is C=CCC=C(/C=C\C(C)C(C)(C)C)C(C)(C)C. The van der Waals surface area contributed by atoms with Crippen LogP contribution in [-0.4, -0.2) is 0 Å². The molecule has 98 valence electrons. The molecule has 17 heavy (non-hydrogen) atoms. The van der Waals surface area contributed by atoms with E-state index < -0.39 is 0 Å². The molecule has 0 aromatic rings. The van der Waals surface area contributed by atoms with Crippen molar-refractivity contribution in [3.8, 4) is 0 Å². The maximum atomic E-state index is 3.78. The molecule has 0 saturated heterocycles. The molecule has 0 radical (unpaired) electrons. The molecule has 0 aliphatic rings. The second kappa shape index (κ2) is 6.23. The number of hydrogen-bond donors (Lipinski definition) is 0. The van der Waals surface area contributed by atoms with Gasteiger partial charge in [0, 0.05) is 0 Å². The average Bonchev–Trinajstić information content (AvgIpc) is 2.13. The van der Waals surface area contributed by atoms with Crippen LogP contribution in [0.3, 0.4) is 0 Å². The minimum Gasteiger partial charge on any atom is -0.103 e. The van der Waals surface area contributed by atoms with E-state index in [1.807, 2.05) is 6.08 Å². The first kappa shape index (κ1) is 16.2. The van der Waals surface area contributed by atoms with Gasteiger partial charge in [-0.25, -0.2) is 0 Å². The van der Waals surface area contributed by atoms with Crippen molar-refractivity contribution in [3.63, 3.8) is 0 Å². The summed E-state index contributed by atoms with van der Waals surface area (Å²) in [6, 6.07) is 0. The van der Waals surface area contributed by atoms with Crippen molar-refractivity contribution >= 4 is 0 Å². The predicted molar refractivity (Wildman–Crippen MR) is 80.1 cm³/mol. The third kappa shape index (κ3) is 6.51. The molecule has 0 rings (SSSR count). The standard InChI is InChI=1S/C17H30/c1-9-10-11-15(17(6,7)8)13-12-14(2)16(3,4)5/h9,11-14H,1,10H2,2-8H3/b13-12-,15-11?. The summed E-state index contributed by atoms with van der Waals surface area (Å²) in [5.74, 6) is 0.581. The van der Waals surface area contributed by atoms with Gasteiger partial charge in [-0.1, -0.05) is 72.8 Å². The Balaban J connectivity index is 4.89. The molecule has 0 bridgehead atoms. The molecular weight excluding hydrogens is 204 g/mol. The van der Waals surface area contributed by atoms with Crippen LogP contribution in [0.4, 0.5) is 0 Å². The highest BCUT2D eigenvalue weighted by molar-refractivity contribution is 5.26. The highest BCUT2D eigenvalue weighted by Crippen LogP contribution is 2.30. The zero-order chi connectivity index (χ0) is 13.7. The third-order valence-electron chi connectivity index (χ3n) is 3.30. The van der Waals surface area contributed by atoms with E-state index >= 15 is 0 Å². The predicted octanol–water partition coefficient (Wildman–Crippen LogP) is 5.77. The normalized spacial score (nSPS) is 16.3. The summed E-state index contributed by atoms with van der Waals surface area (Å²) in [4.78, 5) is 0. The Morgan fingerprint density at radius 1 is 1.12 bits per heavy atom. The molecule has 0 aromatic carbocycles. The van der Waals surface area contributed by atoms with E-state index in [4.69, 9.17) is 0 Å². The molecule has 0 heteroatoms. The quantitative estimate of drug-likeness (QED) is 0.427. The van der Waals surface area contributed by atoms with E-state index in [1.54, 1.807) is 0 Å². The van der Waals surface area contributed by atoms with Crippen molar-refractivity contribution in [1.82, 2.24) is 0 Å². The van der Waals surface area contributed by atoms with Crippen LogP contribution in [0.25, 0.3) is 0 Å². The molecule has 0 heterocycles. The van der Waals surface area contributed by atoms with Gasteiger partial charge >= 0.3 is 0 Å². The zero-order valence-corrected chi connectivity index (χ0v) is 12.8. The minimum atomic E-state index is 0.205. The Kier molecular flexibility index (Phi) is 5.95. The van der Waals surface area contributed by atoms with Gasteiger partial charge in [0.15, 0.2) is 0 Å². The highest BCUT2D eigenvalue weighted by atomic mass is 14.2. The van der Waals surface area contributed by atoms with Gasteiger partial charge in [0.05, 0.1) is 0 Å². The Morgan fingerprint density at radius 3 is 2.00 bits per heavy atom. The molecule has 0 nitrogen and oxygen atoms in total. The summed E-state index contributed by atoms with van der Waals surface area (Å²) >= 11 is 0. The molecule has 1 atom stereocenters. The molecule has 0 aromatic heterocycles. The van der Waals surface area contributed by atoms with E-state index in [0.717, 1.165) is 6.42 Å². The topological polar surface area (TPSA) is 0 Å². The summed E-state index contributed by atoms with van der Waals surface area (Å²) in [5.41, 5.74) is 1.93. The fourth-order valence-corrected chi connectivity index (χ4v) is 1.37. The lowest BCUT2D eigenvalue weighted by Crippen LogP contribution is -2.15. The van der Waals surface area contributed by atoms with Crippen LogP contribution in [0, 0.1) is 16.7 Å². The molecule has 0 fully saturated rings. The van der Waals surface area contributed by atoms with Crippen LogP contribution >= 0.6 is 0 Å². The van der Waals surface area contributed by atoms with Crippen molar-refractivity contribution in [2.24, 2.45) is 16.7 Å². The van der Waals surface area contributed by atoms with E-state index in [-0.39, 0.29) is 5.41 Å². The van der Waals surface area contributed by atoms with Gasteiger partial charge in [-0.3, -0.25) is 0 Å². The van der Waals surface area contributed by atoms with Gasteiger partial charge in [-0.05, 0) is 28.7 Å². The summed E-state index contributed by atoms with van der Waals surface area (Å²) in [7, 11) is 0. The smallest absolute Gasteiger partial charge is 0.0135 e. The van der Waals surface area contributed by atoms with Gasteiger partial charge in [-0.15, -0.1) is 6.58 Å². The summed E-state index contributed by atoms with van der Waals surface area (Å²) in [6.07, 6.45) is 9.80. The maximum Gasteiger partial charge on any atom is -0.0135 e. The van der Waals surface area contributed by atoms with Crippen molar-refractivity contribution in [2.75, 3.05) is 0 Å². The fourth-order valence-electron chi connectivity index (χ4n) is 1.37. The number of rotatable bonds is 4. The first-order chi connectivity index (χ1) is 7.59. The van der Waals surface area contributed by atoms with E-state index in [9.17, 15) is 0 Å². The van der Waals surface area contributed by atoms with Crippen LogP contribution in [0.1, 0.15) is 54.9 Å². The monoisotopic (exact) mass is 234 g/mol. The van der Waals surface area contributed by atoms with E-state index in [2.05, 4.69) is 73.3 Å². The van der Waals surface area contributed by atoms with Gasteiger partial charge < -0.3 is 0 Å². The third-order valence-corrected chi connectivity index (χ3v) is 3.30. The fraction of sp³-hybridized carbons (Fsp3) is 0.647. The first-order valence-electron chi connectivity index (χ1n) is 6.58. The van der Waals surface area contributed by atoms with Crippen molar-refractivity contribution in [2.45, 2.75) is 54.9 Å².